The van der Waals surface area contributed by atoms with Crippen LogP contribution in [0.15, 0.2) is 42.7 Å². The van der Waals surface area contributed by atoms with Crippen LogP contribution < -0.4 is 4.74 Å². The second kappa shape index (κ2) is 5.65. The van der Waals surface area contributed by atoms with Crippen LogP contribution in [-0.2, 0) is 6.42 Å². The number of benzene rings is 1. The van der Waals surface area contributed by atoms with Crippen molar-refractivity contribution in [2.75, 3.05) is 7.11 Å². The summed E-state index contributed by atoms with van der Waals surface area (Å²) < 4.78 is 5.12. The van der Waals surface area contributed by atoms with Crippen molar-refractivity contribution in [2.45, 2.75) is 19.4 Å². The molecule has 0 amide bonds. The molecule has 1 unspecified atom stereocenters. The number of hydrogen-bond donors (Lipinski definition) is 1. The van der Waals surface area contributed by atoms with Crippen molar-refractivity contribution in [3.63, 3.8) is 0 Å². The van der Waals surface area contributed by atoms with Crippen LogP contribution in [-0.4, -0.2) is 17.2 Å². The van der Waals surface area contributed by atoms with Gasteiger partial charge in [-0.2, -0.15) is 0 Å². The highest BCUT2D eigenvalue weighted by molar-refractivity contribution is 5.37. The number of aromatic nitrogens is 1. The Kier molecular flexibility index (Phi) is 3.95. The molecular formula is C15H17NO2. The van der Waals surface area contributed by atoms with E-state index in [1.165, 1.54) is 0 Å². The first-order valence-electron chi connectivity index (χ1n) is 6.01. The first-order chi connectivity index (χ1) is 8.76. The van der Waals surface area contributed by atoms with E-state index in [0.717, 1.165) is 23.1 Å². The predicted molar refractivity (Wildman–Crippen MR) is 70.7 cm³/mol. The van der Waals surface area contributed by atoms with Crippen LogP contribution >= 0.6 is 0 Å². The minimum Gasteiger partial charge on any atom is -0.495 e. The maximum atomic E-state index is 10.4. The molecule has 1 aromatic carbocycles. The van der Waals surface area contributed by atoms with Gasteiger partial charge in [-0.1, -0.05) is 31.2 Å². The second-order valence-corrected chi connectivity index (χ2v) is 4.11. The second-order valence-electron chi connectivity index (χ2n) is 4.11. The highest BCUT2D eigenvalue weighted by Gasteiger charge is 2.14. The van der Waals surface area contributed by atoms with Crippen molar-refractivity contribution in [2.24, 2.45) is 0 Å². The molecule has 1 N–H and O–H groups in total. The Morgan fingerprint density at radius 3 is 2.78 bits per heavy atom. The molecule has 0 radical (unpaired) electrons. The van der Waals surface area contributed by atoms with Gasteiger partial charge in [0.05, 0.1) is 13.3 Å². The molecule has 0 fully saturated rings. The molecule has 1 heterocycles. The maximum Gasteiger partial charge on any atom is 0.137 e. The first-order valence-corrected chi connectivity index (χ1v) is 6.01. The summed E-state index contributed by atoms with van der Waals surface area (Å²) in [6, 6.07) is 9.71. The van der Waals surface area contributed by atoms with Crippen LogP contribution in [0.4, 0.5) is 0 Å². The average Bonchev–Trinajstić information content (AvgIpc) is 2.46. The van der Waals surface area contributed by atoms with E-state index in [1.54, 1.807) is 19.5 Å². The van der Waals surface area contributed by atoms with Crippen LogP contribution in [0.25, 0.3) is 0 Å². The maximum absolute atomic E-state index is 10.4. The Morgan fingerprint density at radius 1 is 1.28 bits per heavy atom. The fourth-order valence-electron chi connectivity index (χ4n) is 2.00. The molecular weight excluding hydrogens is 226 g/mol. The van der Waals surface area contributed by atoms with Crippen LogP contribution in [0.3, 0.4) is 0 Å². The summed E-state index contributed by atoms with van der Waals surface area (Å²) in [5.74, 6) is 0.653. The largest absolute Gasteiger partial charge is 0.495 e. The van der Waals surface area contributed by atoms with Gasteiger partial charge in [-0.05, 0) is 23.6 Å². The lowest BCUT2D eigenvalue weighted by atomic mass is 9.96. The molecule has 1 atom stereocenters. The minimum absolute atomic E-state index is 0.653. The number of methoxy groups -OCH3 is 1. The highest BCUT2D eigenvalue weighted by atomic mass is 16.5. The molecule has 0 saturated carbocycles. The zero-order valence-corrected chi connectivity index (χ0v) is 10.6. The van der Waals surface area contributed by atoms with Crippen LogP contribution in [0.2, 0.25) is 0 Å². The fourth-order valence-corrected chi connectivity index (χ4v) is 2.00. The lowest BCUT2D eigenvalue weighted by molar-refractivity contribution is 0.218. The summed E-state index contributed by atoms with van der Waals surface area (Å²) in [6.45, 7) is 2.08. The first kappa shape index (κ1) is 12.6. The van der Waals surface area contributed by atoms with Crippen molar-refractivity contribution >= 4 is 0 Å². The van der Waals surface area contributed by atoms with E-state index in [2.05, 4.69) is 11.9 Å². The molecule has 0 aliphatic rings. The topological polar surface area (TPSA) is 42.4 Å². The van der Waals surface area contributed by atoms with Crippen LogP contribution in [0.1, 0.15) is 29.7 Å². The average molecular weight is 243 g/mol. The molecule has 0 saturated heterocycles. The lowest BCUT2D eigenvalue weighted by Crippen LogP contribution is -2.04. The van der Waals surface area contributed by atoms with Crippen molar-refractivity contribution in [1.82, 2.24) is 4.98 Å². The Labute approximate surface area is 107 Å². The monoisotopic (exact) mass is 243 g/mol. The van der Waals surface area contributed by atoms with Crippen molar-refractivity contribution in [3.05, 3.63) is 59.4 Å². The van der Waals surface area contributed by atoms with E-state index in [0.29, 0.717) is 5.75 Å². The van der Waals surface area contributed by atoms with Gasteiger partial charge < -0.3 is 9.84 Å². The van der Waals surface area contributed by atoms with Crippen molar-refractivity contribution < 1.29 is 9.84 Å². The molecule has 2 aromatic rings. The Balaban J connectivity index is 2.37. The zero-order chi connectivity index (χ0) is 13.0. The third-order valence-electron chi connectivity index (χ3n) is 3.02. The summed E-state index contributed by atoms with van der Waals surface area (Å²) in [5.41, 5.74) is 2.82. The molecule has 0 aliphatic heterocycles. The number of nitrogens with zero attached hydrogens (tertiary/aromatic N) is 1. The molecule has 0 spiro atoms. The van der Waals surface area contributed by atoms with Gasteiger partial charge in [-0.3, -0.25) is 4.98 Å². The van der Waals surface area contributed by atoms with E-state index in [-0.39, 0.29) is 0 Å². The molecule has 0 aliphatic carbocycles. The predicted octanol–water partition coefficient (Wildman–Crippen LogP) is 2.73. The Hall–Kier alpha value is -1.87. The molecule has 2 rings (SSSR count). The van der Waals surface area contributed by atoms with Gasteiger partial charge in [0.15, 0.2) is 0 Å². The normalized spacial score (nSPS) is 12.2. The smallest absolute Gasteiger partial charge is 0.137 e. The van der Waals surface area contributed by atoms with E-state index in [9.17, 15) is 5.11 Å². The number of aryl methyl sites for hydroxylation is 1. The molecule has 3 nitrogen and oxygen atoms in total. The third-order valence-corrected chi connectivity index (χ3v) is 3.02. The van der Waals surface area contributed by atoms with Gasteiger partial charge in [-0.25, -0.2) is 0 Å². The minimum atomic E-state index is -0.663. The number of pyridine rings is 1. The van der Waals surface area contributed by atoms with E-state index in [4.69, 9.17) is 4.74 Å². The number of aliphatic hydroxyl groups is 1. The summed E-state index contributed by atoms with van der Waals surface area (Å²) in [7, 11) is 1.59. The lowest BCUT2D eigenvalue weighted by Gasteiger charge is -2.15. The number of hydrogen-bond acceptors (Lipinski definition) is 3. The van der Waals surface area contributed by atoms with Crippen molar-refractivity contribution in [3.8, 4) is 5.75 Å². The summed E-state index contributed by atoms with van der Waals surface area (Å²) in [6.07, 6.45) is 3.52. The van der Waals surface area contributed by atoms with Gasteiger partial charge in [-0.15, -0.1) is 0 Å². The molecule has 18 heavy (non-hydrogen) atoms. The summed E-state index contributed by atoms with van der Waals surface area (Å²) in [4.78, 5) is 4.07. The number of aliphatic hydroxyl groups excluding tert-OH is 1. The number of ether oxygens (including phenoxy) is 1. The molecule has 3 heteroatoms. The molecule has 1 aromatic heterocycles. The zero-order valence-electron chi connectivity index (χ0n) is 10.6. The van der Waals surface area contributed by atoms with Gasteiger partial charge in [0.25, 0.3) is 0 Å². The SMILES string of the molecule is CCc1ccccc1C(O)c1cncc(OC)c1. The van der Waals surface area contributed by atoms with Gasteiger partial charge >= 0.3 is 0 Å². The number of rotatable bonds is 4. The van der Waals surface area contributed by atoms with Gasteiger partial charge in [0.1, 0.15) is 11.9 Å². The van der Waals surface area contributed by atoms with E-state index in [1.807, 2.05) is 30.3 Å². The van der Waals surface area contributed by atoms with E-state index >= 15 is 0 Å². The Bertz CT molecular complexity index is 525. The van der Waals surface area contributed by atoms with E-state index < -0.39 is 6.10 Å². The Morgan fingerprint density at radius 2 is 2.06 bits per heavy atom. The summed E-state index contributed by atoms with van der Waals surface area (Å²) in [5, 5.41) is 10.4. The van der Waals surface area contributed by atoms with Crippen LogP contribution in [0, 0.1) is 0 Å². The van der Waals surface area contributed by atoms with Gasteiger partial charge in [0, 0.05) is 11.8 Å². The molecule has 0 bridgehead atoms. The van der Waals surface area contributed by atoms with Gasteiger partial charge in [0.2, 0.25) is 0 Å². The fraction of sp³-hybridized carbons (Fsp3) is 0.267. The standard InChI is InChI=1S/C15H17NO2/c1-3-11-6-4-5-7-14(11)15(17)12-8-13(18-2)10-16-9-12/h4-10,15,17H,3H2,1-2H3. The third kappa shape index (κ3) is 2.51. The highest BCUT2D eigenvalue weighted by Crippen LogP contribution is 2.26. The quantitative estimate of drug-likeness (QED) is 0.897. The summed E-state index contributed by atoms with van der Waals surface area (Å²) >= 11 is 0. The van der Waals surface area contributed by atoms with Crippen LogP contribution in [0.5, 0.6) is 5.75 Å². The van der Waals surface area contributed by atoms with Crippen molar-refractivity contribution in [1.29, 1.82) is 0 Å². The molecule has 94 valence electrons.